The molecular weight excluding hydrogens is 359 g/mol. The van der Waals surface area contributed by atoms with E-state index in [9.17, 15) is 43.1 Å². The standard InChI is InChI=1S/C16H16F3NO6/c1-15(13(21)22)7-16(14(23)24,5-4-10(15)12(18)19)9-3-2-8(20(25)26)6-11(9)17/h2-3,6,10,12H,4-5,7H2,1H3,(H,21,22)(H,23,24). The molecule has 0 saturated heterocycles. The number of nitro benzene ring substituents is 1. The Bertz CT molecular complexity index is 770. The molecule has 0 spiro atoms. The lowest BCUT2D eigenvalue weighted by molar-refractivity contribution is -0.385. The normalized spacial score (nSPS) is 28.7. The van der Waals surface area contributed by atoms with E-state index in [1.165, 1.54) is 0 Å². The van der Waals surface area contributed by atoms with Crippen molar-refractivity contribution in [2.45, 2.75) is 38.0 Å². The van der Waals surface area contributed by atoms with Gasteiger partial charge < -0.3 is 10.2 Å². The van der Waals surface area contributed by atoms with Crippen LogP contribution >= 0.6 is 0 Å². The number of benzene rings is 1. The highest BCUT2D eigenvalue weighted by Crippen LogP contribution is 2.53. The summed E-state index contributed by atoms with van der Waals surface area (Å²) >= 11 is 0. The molecule has 0 amide bonds. The number of nitro groups is 1. The molecule has 0 aromatic heterocycles. The molecule has 2 N–H and O–H groups in total. The lowest BCUT2D eigenvalue weighted by Crippen LogP contribution is -2.53. The molecule has 0 heterocycles. The van der Waals surface area contributed by atoms with E-state index in [4.69, 9.17) is 0 Å². The highest BCUT2D eigenvalue weighted by molar-refractivity contribution is 5.84. The summed E-state index contributed by atoms with van der Waals surface area (Å²) < 4.78 is 41.0. The van der Waals surface area contributed by atoms with Crippen LogP contribution in [0.15, 0.2) is 18.2 Å². The monoisotopic (exact) mass is 375 g/mol. The number of halogens is 3. The highest BCUT2D eigenvalue weighted by atomic mass is 19.3. The van der Waals surface area contributed by atoms with Gasteiger partial charge in [-0.1, -0.05) is 0 Å². The second-order valence-electron chi connectivity index (χ2n) is 6.69. The number of carbonyl (C=O) groups is 2. The molecule has 1 aromatic rings. The van der Waals surface area contributed by atoms with Crippen LogP contribution in [0.4, 0.5) is 18.9 Å². The van der Waals surface area contributed by atoms with Crippen LogP contribution in [0, 0.1) is 27.3 Å². The van der Waals surface area contributed by atoms with Crippen molar-refractivity contribution in [3.05, 3.63) is 39.7 Å². The van der Waals surface area contributed by atoms with E-state index in [-0.39, 0.29) is 0 Å². The van der Waals surface area contributed by atoms with Gasteiger partial charge in [-0.2, -0.15) is 0 Å². The Balaban J connectivity index is 2.61. The number of carboxylic acid groups (broad SMARTS) is 2. The molecule has 10 heteroatoms. The van der Waals surface area contributed by atoms with E-state index < -0.39 is 76.4 Å². The SMILES string of the molecule is CC1(C(=O)O)CC(C(=O)O)(c2ccc([N+](=O)[O-])cc2F)CCC1C(F)F. The van der Waals surface area contributed by atoms with E-state index in [0.717, 1.165) is 19.1 Å². The van der Waals surface area contributed by atoms with E-state index in [1.54, 1.807) is 0 Å². The predicted octanol–water partition coefficient (Wildman–Crippen LogP) is 3.21. The molecule has 1 aliphatic carbocycles. The third kappa shape index (κ3) is 2.99. The van der Waals surface area contributed by atoms with Gasteiger partial charge >= 0.3 is 11.9 Å². The molecule has 0 radical (unpaired) electrons. The van der Waals surface area contributed by atoms with Gasteiger partial charge in [-0.05, 0) is 32.3 Å². The van der Waals surface area contributed by atoms with Gasteiger partial charge in [0.15, 0.2) is 0 Å². The summed E-state index contributed by atoms with van der Waals surface area (Å²) in [6.45, 7) is 1.02. The molecule has 3 unspecified atom stereocenters. The molecular formula is C16H16F3NO6. The molecule has 0 aliphatic heterocycles. The van der Waals surface area contributed by atoms with Crippen LogP contribution in [0.3, 0.4) is 0 Å². The number of hydrogen-bond acceptors (Lipinski definition) is 4. The third-order valence-corrected chi connectivity index (χ3v) is 5.25. The van der Waals surface area contributed by atoms with Crippen molar-refractivity contribution >= 4 is 17.6 Å². The van der Waals surface area contributed by atoms with Crippen LogP contribution < -0.4 is 0 Å². The van der Waals surface area contributed by atoms with Crippen LogP contribution in [0.2, 0.25) is 0 Å². The van der Waals surface area contributed by atoms with Crippen molar-refractivity contribution in [2.24, 2.45) is 11.3 Å². The van der Waals surface area contributed by atoms with Gasteiger partial charge in [0.1, 0.15) is 5.82 Å². The Hall–Kier alpha value is -2.65. The largest absolute Gasteiger partial charge is 0.481 e. The minimum absolute atomic E-state index is 0.408. The number of carboxylic acids is 2. The van der Waals surface area contributed by atoms with Crippen LogP contribution in [0.5, 0.6) is 0 Å². The van der Waals surface area contributed by atoms with Crippen molar-refractivity contribution in [3.63, 3.8) is 0 Å². The van der Waals surface area contributed by atoms with Gasteiger partial charge in [0.05, 0.1) is 21.8 Å². The lowest BCUT2D eigenvalue weighted by atomic mass is 9.55. The molecule has 142 valence electrons. The van der Waals surface area contributed by atoms with E-state index in [2.05, 4.69) is 0 Å². The van der Waals surface area contributed by atoms with Crippen LogP contribution in [0.1, 0.15) is 31.7 Å². The Labute approximate surface area is 145 Å². The molecule has 1 aliphatic rings. The van der Waals surface area contributed by atoms with Crippen LogP contribution in [0.25, 0.3) is 0 Å². The lowest BCUT2D eigenvalue weighted by Gasteiger charge is -2.46. The molecule has 1 aromatic carbocycles. The topological polar surface area (TPSA) is 118 Å². The molecule has 26 heavy (non-hydrogen) atoms. The third-order valence-electron chi connectivity index (χ3n) is 5.25. The van der Waals surface area contributed by atoms with Gasteiger partial charge in [0, 0.05) is 17.5 Å². The zero-order valence-electron chi connectivity index (χ0n) is 13.6. The number of non-ortho nitro benzene ring substituents is 1. The number of hydrogen-bond donors (Lipinski definition) is 2. The number of alkyl halides is 2. The average Bonchev–Trinajstić information content (AvgIpc) is 2.53. The van der Waals surface area contributed by atoms with Crippen molar-refractivity contribution in [2.75, 3.05) is 0 Å². The fourth-order valence-corrected chi connectivity index (χ4v) is 3.74. The molecule has 2 rings (SSSR count). The minimum atomic E-state index is -2.98. The smallest absolute Gasteiger partial charge is 0.314 e. The van der Waals surface area contributed by atoms with Crippen molar-refractivity contribution in [3.8, 4) is 0 Å². The number of aliphatic carboxylic acids is 2. The van der Waals surface area contributed by atoms with Crippen LogP contribution in [-0.4, -0.2) is 33.5 Å². The maximum atomic E-state index is 14.4. The van der Waals surface area contributed by atoms with Gasteiger partial charge in [0.2, 0.25) is 6.43 Å². The first-order valence-electron chi connectivity index (χ1n) is 7.65. The van der Waals surface area contributed by atoms with Crippen molar-refractivity contribution in [1.82, 2.24) is 0 Å². The fraction of sp³-hybridized carbons (Fsp3) is 0.500. The van der Waals surface area contributed by atoms with Gasteiger partial charge in [-0.15, -0.1) is 0 Å². The second-order valence-corrected chi connectivity index (χ2v) is 6.69. The summed E-state index contributed by atoms with van der Waals surface area (Å²) in [4.78, 5) is 33.5. The van der Waals surface area contributed by atoms with Gasteiger partial charge in [-0.25, -0.2) is 13.2 Å². The van der Waals surface area contributed by atoms with Gasteiger partial charge in [0.25, 0.3) is 5.69 Å². The molecule has 0 bridgehead atoms. The predicted molar refractivity (Wildman–Crippen MR) is 81.5 cm³/mol. The first kappa shape index (κ1) is 19.7. The second kappa shape index (κ2) is 6.58. The summed E-state index contributed by atoms with van der Waals surface area (Å²) in [6.07, 6.45) is -4.59. The molecule has 3 atom stereocenters. The van der Waals surface area contributed by atoms with Gasteiger partial charge in [-0.3, -0.25) is 19.7 Å². The summed E-state index contributed by atoms with van der Waals surface area (Å²) in [5.74, 6) is -5.95. The first-order chi connectivity index (χ1) is 12.0. The number of nitrogens with zero attached hydrogens (tertiary/aromatic N) is 1. The Morgan fingerprint density at radius 3 is 2.35 bits per heavy atom. The minimum Gasteiger partial charge on any atom is -0.481 e. The van der Waals surface area contributed by atoms with E-state index >= 15 is 0 Å². The summed E-state index contributed by atoms with van der Waals surface area (Å²) in [5, 5.41) is 29.9. The number of rotatable bonds is 5. The fourth-order valence-electron chi connectivity index (χ4n) is 3.74. The molecule has 1 fully saturated rings. The molecule has 7 nitrogen and oxygen atoms in total. The quantitative estimate of drug-likeness (QED) is 0.603. The average molecular weight is 375 g/mol. The maximum absolute atomic E-state index is 14.4. The summed E-state index contributed by atoms with van der Waals surface area (Å²) in [7, 11) is 0. The zero-order chi connectivity index (χ0) is 19.9. The molecule has 1 saturated carbocycles. The van der Waals surface area contributed by atoms with Crippen molar-refractivity contribution < 1.29 is 37.9 Å². The van der Waals surface area contributed by atoms with Crippen molar-refractivity contribution in [1.29, 1.82) is 0 Å². The first-order valence-corrected chi connectivity index (χ1v) is 7.65. The van der Waals surface area contributed by atoms with Crippen LogP contribution in [-0.2, 0) is 15.0 Å². The Kier molecular flexibility index (Phi) is 4.98. The Morgan fingerprint density at radius 1 is 1.31 bits per heavy atom. The van der Waals surface area contributed by atoms with E-state index in [1.807, 2.05) is 0 Å². The Morgan fingerprint density at radius 2 is 1.92 bits per heavy atom. The highest BCUT2D eigenvalue weighted by Gasteiger charge is 2.59. The summed E-state index contributed by atoms with van der Waals surface area (Å²) in [6, 6.07) is 2.35. The summed E-state index contributed by atoms with van der Waals surface area (Å²) in [5.41, 5.74) is -5.22. The van der Waals surface area contributed by atoms with E-state index in [0.29, 0.717) is 6.07 Å². The zero-order valence-corrected chi connectivity index (χ0v) is 13.6. The maximum Gasteiger partial charge on any atom is 0.314 e.